The molecule has 0 bridgehead atoms. The van der Waals surface area contributed by atoms with Crippen molar-refractivity contribution in [3.63, 3.8) is 0 Å². The Balaban J connectivity index is 0.00000210. The zero-order valence-corrected chi connectivity index (χ0v) is 20.9. The summed E-state index contributed by atoms with van der Waals surface area (Å²) in [6.45, 7) is 0. The molecule has 0 aromatic heterocycles. The van der Waals surface area contributed by atoms with Crippen LogP contribution in [0.15, 0.2) is 74.6 Å². The molecule has 13 heteroatoms. The first kappa shape index (κ1) is 26.2. The van der Waals surface area contributed by atoms with Crippen molar-refractivity contribution in [3.05, 3.63) is 54.6 Å². The molecule has 0 saturated carbocycles. The smallest absolute Gasteiger partial charge is 0.744 e. The van der Waals surface area contributed by atoms with E-state index in [1.165, 1.54) is 12.1 Å². The molecule has 0 radical (unpaired) electrons. The van der Waals surface area contributed by atoms with E-state index in [-0.39, 0.29) is 69.9 Å². The summed E-state index contributed by atoms with van der Waals surface area (Å²) in [6, 6.07) is 12.3. The number of hydrogen-bond donors (Lipinski definition) is 1. The molecule has 3 rings (SSSR count). The first-order chi connectivity index (χ1) is 12.6. The molecule has 140 valence electrons. The van der Waals surface area contributed by atoms with Crippen LogP contribution < -0.4 is 59.1 Å². The van der Waals surface area contributed by atoms with Gasteiger partial charge in [0.05, 0.1) is 15.5 Å². The maximum absolute atomic E-state index is 11.6. The Hall–Kier alpha value is -0.860. The molecule has 0 fully saturated rings. The summed E-state index contributed by atoms with van der Waals surface area (Å²) in [5.41, 5.74) is -0.302. The molecule has 3 aromatic carbocycles. The number of rotatable bonds is 4. The van der Waals surface area contributed by atoms with Crippen molar-refractivity contribution < 1.29 is 90.2 Å². The van der Waals surface area contributed by atoms with Crippen LogP contribution >= 0.6 is 0 Å². The first-order valence-corrected chi connectivity index (χ1v) is 10.1. The van der Waals surface area contributed by atoms with E-state index >= 15 is 0 Å². The van der Waals surface area contributed by atoms with Crippen LogP contribution in [0.1, 0.15) is 0 Å². The van der Waals surface area contributed by atoms with Crippen molar-refractivity contribution in [1.82, 2.24) is 0 Å². The van der Waals surface area contributed by atoms with Crippen molar-refractivity contribution in [2.24, 2.45) is 10.2 Å². The molecule has 0 aliphatic rings. The van der Waals surface area contributed by atoms with Crippen LogP contribution in [0.5, 0.6) is 5.75 Å². The molecule has 0 aliphatic carbocycles. The zero-order chi connectivity index (χ0) is 19.8. The van der Waals surface area contributed by atoms with Crippen LogP contribution in [0.2, 0.25) is 0 Å². The standard InChI is InChI=1S/C16H12N2O7S2.2Na/c19-16-13(27(23,24)25)9-10-5-4-8-12(26(20,21)22)14(10)15(16)18-17-11-6-2-1-3-7-11;;/h1-9,19H,(H,20,21,22)(H,23,24,25);;/q;2*+1/p-2. The van der Waals surface area contributed by atoms with Gasteiger partial charge in [0.25, 0.3) is 0 Å². The summed E-state index contributed by atoms with van der Waals surface area (Å²) in [4.78, 5) is -1.73. The molecule has 0 atom stereocenters. The second-order valence-corrected chi connectivity index (χ2v) is 8.07. The quantitative estimate of drug-likeness (QED) is 0.248. The molecular weight excluding hydrogens is 442 g/mol. The van der Waals surface area contributed by atoms with E-state index in [1.807, 2.05) is 0 Å². The molecule has 0 heterocycles. The Kier molecular flexibility index (Phi) is 8.99. The molecular formula is C16H10N2Na2O7S2. The van der Waals surface area contributed by atoms with Crippen LogP contribution in [0.3, 0.4) is 0 Å². The molecule has 0 aliphatic heterocycles. The Morgan fingerprint density at radius 3 is 1.90 bits per heavy atom. The number of hydrogen-bond acceptors (Lipinski definition) is 9. The van der Waals surface area contributed by atoms with Gasteiger partial charge in [-0.1, -0.05) is 30.3 Å². The summed E-state index contributed by atoms with van der Waals surface area (Å²) < 4.78 is 69.0. The van der Waals surface area contributed by atoms with E-state index < -0.39 is 41.5 Å². The number of benzene rings is 3. The molecule has 0 amide bonds. The van der Waals surface area contributed by atoms with E-state index in [9.17, 15) is 31.0 Å². The second-order valence-electron chi connectivity index (χ2n) is 5.37. The molecule has 1 N–H and O–H groups in total. The third-order valence-corrected chi connectivity index (χ3v) is 5.33. The number of nitrogens with zero attached hydrogens (tertiary/aromatic N) is 2. The Labute approximate surface area is 210 Å². The van der Waals surface area contributed by atoms with Crippen molar-refractivity contribution in [1.29, 1.82) is 0 Å². The SMILES string of the molecule is O=S(=O)([O-])c1cc2cccc(S(=O)(=O)[O-])c2c(N=Nc2ccccc2)c1O.[Na+].[Na+]. The first-order valence-electron chi connectivity index (χ1n) is 7.26. The summed E-state index contributed by atoms with van der Waals surface area (Å²) in [7, 11) is -10.1. The molecule has 3 aromatic rings. The van der Waals surface area contributed by atoms with Crippen LogP contribution in [0.25, 0.3) is 10.8 Å². The largest absolute Gasteiger partial charge is 1.00 e. The Morgan fingerprint density at radius 1 is 0.759 bits per heavy atom. The van der Waals surface area contributed by atoms with E-state index in [0.717, 1.165) is 12.1 Å². The van der Waals surface area contributed by atoms with Crippen molar-refractivity contribution in [2.45, 2.75) is 9.79 Å². The van der Waals surface area contributed by atoms with Gasteiger partial charge in [-0.05, 0) is 29.7 Å². The van der Waals surface area contributed by atoms with Crippen molar-refractivity contribution in [3.8, 4) is 5.75 Å². The van der Waals surface area contributed by atoms with Gasteiger partial charge < -0.3 is 14.2 Å². The van der Waals surface area contributed by atoms with Gasteiger partial charge in [-0.2, -0.15) is 5.11 Å². The third kappa shape index (κ3) is 5.85. The molecule has 9 nitrogen and oxygen atoms in total. The number of fused-ring (bicyclic) bond motifs is 1. The van der Waals surface area contributed by atoms with Gasteiger partial charge in [0.2, 0.25) is 0 Å². The van der Waals surface area contributed by atoms with Gasteiger partial charge in [0.15, 0.2) is 5.75 Å². The maximum atomic E-state index is 11.6. The molecule has 29 heavy (non-hydrogen) atoms. The average Bonchev–Trinajstić information content (AvgIpc) is 2.59. The number of aromatic hydroxyl groups is 1. The van der Waals surface area contributed by atoms with Gasteiger partial charge in [0.1, 0.15) is 25.9 Å². The van der Waals surface area contributed by atoms with Crippen LogP contribution in [-0.2, 0) is 20.2 Å². The number of phenols is 1. The van der Waals surface area contributed by atoms with E-state index in [0.29, 0.717) is 5.69 Å². The van der Waals surface area contributed by atoms with Gasteiger partial charge in [-0.15, -0.1) is 5.11 Å². The summed E-state index contributed by atoms with van der Waals surface area (Å²) >= 11 is 0. The van der Waals surface area contributed by atoms with Gasteiger partial charge in [-0.25, -0.2) is 16.8 Å². The Bertz CT molecular complexity index is 1280. The van der Waals surface area contributed by atoms with E-state index in [2.05, 4.69) is 10.2 Å². The fourth-order valence-electron chi connectivity index (χ4n) is 2.47. The average molecular weight is 452 g/mol. The van der Waals surface area contributed by atoms with Crippen LogP contribution in [0.4, 0.5) is 11.4 Å². The topological polar surface area (TPSA) is 159 Å². The van der Waals surface area contributed by atoms with Gasteiger partial charge in [0, 0.05) is 5.39 Å². The molecule has 0 unspecified atom stereocenters. The van der Waals surface area contributed by atoms with Crippen molar-refractivity contribution >= 4 is 42.4 Å². The maximum Gasteiger partial charge on any atom is 1.00 e. The van der Waals surface area contributed by atoms with E-state index in [4.69, 9.17) is 0 Å². The summed E-state index contributed by atoms with van der Waals surface area (Å²) in [5.74, 6) is -1.09. The minimum absolute atomic E-state index is 0. The number of phenolic OH excluding ortho intramolecular Hbond substituents is 1. The second kappa shape index (κ2) is 9.96. The van der Waals surface area contributed by atoms with Crippen molar-refractivity contribution in [2.75, 3.05) is 0 Å². The zero-order valence-electron chi connectivity index (χ0n) is 15.3. The minimum Gasteiger partial charge on any atom is -0.744 e. The molecule has 0 spiro atoms. The predicted molar refractivity (Wildman–Crippen MR) is 92.2 cm³/mol. The van der Waals surface area contributed by atoms with E-state index in [1.54, 1.807) is 30.3 Å². The Morgan fingerprint density at radius 2 is 1.34 bits per heavy atom. The fourth-order valence-corrected chi connectivity index (χ4v) is 3.78. The molecule has 0 saturated heterocycles. The third-order valence-electron chi connectivity index (χ3n) is 3.60. The minimum atomic E-state index is -5.11. The fraction of sp³-hybridized carbons (Fsp3) is 0. The number of azo groups is 1. The van der Waals surface area contributed by atoms with Gasteiger partial charge in [-0.3, -0.25) is 0 Å². The normalized spacial score (nSPS) is 11.8. The van der Waals surface area contributed by atoms with Gasteiger partial charge >= 0.3 is 59.1 Å². The van der Waals surface area contributed by atoms with Crippen LogP contribution in [0, 0.1) is 0 Å². The monoisotopic (exact) mass is 452 g/mol. The van der Waals surface area contributed by atoms with Crippen LogP contribution in [-0.4, -0.2) is 31.0 Å². The summed E-state index contributed by atoms with van der Waals surface area (Å²) in [5, 5.41) is 17.4. The summed E-state index contributed by atoms with van der Waals surface area (Å²) in [6.07, 6.45) is 0. The predicted octanol–water partition coefficient (Wildman–Crippen LogP) is -3.22.